The van der Waals surface area contributed by atoms with Crippen LogP contribution in [-0.4, -0.2) is 30.1 Å². The number of carbonyl (C=O) groups is 2. The second kappa shape index (κ2) is 10.8. The number of nitrogens with zero attached hydrogens (tertiary/aromatic N) is 3. The van der Waals surface area contributed by atoms with Crippen LogP contribution in [-0.2, 0) is 6.18 Å². The van der Waals surface area contributed by atoms with E-state index >= 15 is 0 Å². The zero-order chi connectivity index (χ0) is 27.4. The number of anilines is 1. The third kappa shape index (κ3) is 5.25. The number of urea groups is 2. The minimum Gasteiger partial charge on any atom is -0.338 e. The molecule has 0 bridgehead atoms. The molecule has 38 heavy (non-hydrogen) atoms. The summed E-state index contributed by atoms with van der Waals surface area (Å²) in [5.74, 6) is 0. The number of amides is 4. The molecular weight excluding hydrogens is 493 g/mol. The second-order valence-corrected chi connectivity index (χ2v) is 8.78. The number of alkyl halides is 3. The summed E-state index contributed by atoms with van der Waals surface area (Å²) in [6.45, 7) is 3.80. The number of allylic oxidation sites excluding steroid dienone is 1. The van der Waals surface area contributed by atoms with Crippen LogP contribution in [0.2, 0.25) is 0 Å². The highest BCUT2D eigenvalue weighted by molar-refractivity contribution is 6.09. The number of benzene rings is 3. The van der Waals surface area contributed by atoms with E-state index in [0.29, 0.717) is 35.4 Å². The van der Waals surface area contributed by atoms with Gasteiger partial charge in [0.1, 0.15) is 0 Å². The van der Waals surface area contributed by atoms with Crippen molar-refractivity contribution in [2.75, 3.05) is 18.0 Å². The SMILES string of the molecule is CCCNC(=O)N1CC(c2ccccc2-c2ccc(C#N)cc2)=C(C)N(c2cccc(C(F)(F)F)c2)C1=O. The average molecular weight is 519 g/mol. The fourth-order valence-corrected chi connectivity index (χ4v) is 4.35. The summed E-state index contributed by atoms with van der Waals surface area (Å²) >= 11 is 0. The van der Waals surface area contributed by atoms with Gasteiger partial charge in [0.05, 0.1) is 29.4 Å². The molecule has 0 radical (unpaired) electrons. The molecule has 1 aliphatic heterocycles. The average Bonchev–Trinajstić information content (AvgIpc) is 2.92. The van der Waals surface area contributed by atoms with Gasteiger partial charge in [0.15, 0.2) is 0 Å². The quantitative estimate of drug-likeness (QED) is 0.394. The Morgan fingerprint density at radius 2 is 1.71 bits per heavy atom. The molecule has 0 fully saturated rings. The molecule has 0 aromatic heterocycles. The molecule has 0 atom stereocenters. The molecule has 9 heteroatoms. The fourth-order valence-electron chi connectivity index (χ4n) is 4.35. The Morgan fingerprint density at radius 3 is 2.34 bits per heavy atom. The maximum absolute atomic E-state index is 13.5. The standard InChI is InChI=1S/C29H25F3N4O2/c1-3-15-34-27(37)35-18-26(25-10-5-4-9-24(25)21-13-11-20(17-33)12-14-21)19(2)36(28(35)38)23-8-6-7-22(16-23)29(30,31)32/h4-14,16H,3,15,18H2,1-2H3,(H,34,37). The van der Waals surface area contributed by atoms with Gasteiger partial charge >= 0.3 is 18.2 Å². The summed E-state index contributed by atoms with van der Waals surface area (Å²) in [5.41, 5.74) is 2.94. The lowest BCUT2D eigenvalue weighted by molar-refractivity contribution is -0.137. The number of hydrogen-bond acceptors (Lipinski definition) is 3. The third-order valence-corrected chi connectivity index (χ3v) is 6.29. The minimum atomic E-state index is -4.60. The van der Waals surface area contributed by atoms with Crippen molar-refractivity contribution in [3.8, 4) is 17.2 Å². The maximum atomic E-state index is 13.5. The van der Waals surface area contributed by atoms with Crippen LogP contribution < -0.4 is 10.2 Å². The largest absolute Gasteiger partial charge is 0.416 e. The van der Waals surface area contributed by atoms with Crippen molar-refractivity contribution in [1.82, 2.24) is 10.2 Å². The number of imide groups is 1. The van der Waals surface area contributed by atoms with Crippen molar-refractivity contribution in [2.24, 2.45) is 0 Å². The summed E-state index contributed by atoms with van der Waals surface area (Å²) in [7, 11) is 0. The number of nitriles is 1. The Morgan fingerprint density at radius 1 is 1.03 bits per heavy atom. The molecule has 194 valence electrons. The van der Waals surface area contributed by atoms with Gasteiger partial charge in [-0.05, 0) is 65.9 Å². The zero-order valence-electron chi connectivity index (χ0n) is 20.8. The summed E-state index contributed by atoms with van der Waals surface area (Å²) in [6, 6.07) is 19.6. The van der Waals surface area contributed by atoms with Crippen LogP contribution >= 0.6 is 0 Å². The molecule has 1 aliphatic rings. The van der Waals surface area contributed by atoms with Gasteiger partial charge < -0.3 is 5.32 Å². The molecule has 3 aromatic rings. The molecule has 3 aromatic carbocycles. The first-order valence-electron chi connectivity index (χ1n) is 12.0. The van der Waals surface area contributed by atoms with E-state index in [-0.39, 0.29) is 12.2 Å². The summed E-state index contributed by atoms with van der Waals surface area (Å²) < 4.78 is 40.5. The summed E-state index contributed by atoms with van der Waals surface area (Å²) in [6.07, 6.45) is -3.95. The zero-order valence-corrected chi connectivity index (χ0v) is 20.8. The molecule has 0 aliphatic carbocycles. The molecule has 1 N–H and O–H groups in total. The molecule has 0 saturated heterocycles. The number of halogens is 3. The Hall–Kier alpha value is -4.58. The lowest BCUT2D eigenvalue weighted by atomic mass is 9.91. The van der Waals surface area contributed by atoms with Crippen LogP contribution in [0.5, 0.6) is 0 Å². The molecule has 6 nitrogen and oxygen atoms in total. The number of nitrogens with one attached hydrogen (secondary N) is 1. The highest BCUT2D eigenvalue weighted by atomic mass is 19.4. The van der Waals surface area contributed by atoms with Gasteiger partial charge in [-0.3, -0.25) is 4.90 Å². The highest BCUT2D eigenvalue weighted by Crippen LogP contribution is 2.38. The molecule has 0 spiro atoms. The van der Waals surface area contributed by atoms with Gasteiger partial charge in [-0.15, -0.1) is 0 Å². The highest BCUT2D eigenvalue weighted by Gasteiger charge is 2.37. The van der Waals surface area contributed by atoms with Crippen LogP contribution in [0.25, 0.3) is 16.7 Å². The molecule has 4 rings (SSSR count). The van der Waals surface area contributed by atoms with Crippen molar-refractivity contribution in [2.45, 2.75) is 26.4 Å². The maximum Gasteiger partial charge on any atom is 0.416 e. The van der Waals surface area contributed by atoms with Crippen LogP contribution in [0.1, 0.15) is 37.0 Å². The lowest BCUT2D eigenvalue weighted by Gasteiger charge is -2.37. The monoisotopic (exact) mass is 518 g/mol. The third-order valence-electron chi connectivity index (χ3n) is 6.29. The predicted molar refractivity (Wildman–Crippen MR) is 139 cm³/mol. The molecule has 1 heterocycles. The van der Waals surface area contributed by atoms with Crippen LogP contribution in [0.4, 0.5) is 28.4 Å². The topological polar surface area (TPSA) is 76.4 Å². The number of carbonyl (C=O) groups excluding carboxylic acids is 2. The predicted octanol–water partition coefficient (Wildman–Crippen LogP) is 7.04. The van der Waals surface area contributed by atoms with Crippen molar-refractivity contribution in [3.05, 3.63) is 95.2 Å². The first-order valence-corrected chi connectivity index (χ1v) is 12.0. The summed E-state index contributed by atoms with van der Waals surface area (Å²) in [4.78, 5) is 28.7. The first-order chi connectivity index (χ1) is 18.2. The van der Waals surface area contributed by atoms with Crippen LogP contribution in [0.3, 0.4) is 0 Å². The second-order valence-electron chi connectivity index (χ2n) is 8.78. The Bertz CT molecular complexity index is 1440. The fraction of sp³-hybridized carbons (Fsp3) is 0.207. The van der Waals surface area contributed by atoms with E-state index < -0.39 is 23.8 Å². The van der Waals surface area contributed by atoms with E-state index in [1.54, 1.807) is 31.2 Å². The van der Waals surface area contributed by atoms with E-state index in [4.69, 9.17) is 5.26 Å². The summed E-state index contributed by atoms with van der Waals surface area (Å²) in [5, 5.41) is 11.9. The molecular formula is C29H25F3N4O2. The minimum absolute atomic E-state index is 0.00340. The van der Waals surface area contributed by atoms with Crippen molar-refractivity contribution in [3.63, 3.8) is 0 Å². The van der Waals surface area contributed by atoms with Crippen LogP contribution in [0, 0.1) is 11.3 Å². The van der Waals surface area contributed by atoms with Crippen LogP contribution in [0.15, 0.2) is 78.5 Å². The number of hydrogen-bond donors (Lipinski definition) is 1. The van der Waals surface area contributed by atoms with Gasteiger partial charge in [-0.25, -0.2) is 14.5 Å². The van der Waals surface area contributed by atoms with Gasteiger partial charge in [0.25, 0.3) is 0 Å². The normalized spacial score (nSPS) is 13.9. The Balaban J connectivity index is 1.89. The van der Waals surface area contributed by atoms with Gasteiger partial charge in [-0.1, -0.05) is 49.4 Å². The lowest BCUT2D eigenvalue weighted by Crippen LogP contribution is -2.53. The van der Waals surface area contributed by atoms with Gasteiger partial charge in [-0.2, -0.15) is 18.4 Å². The Labute approximate surface area is 218 Å². The smallest absolute Gasteiger partial charge is 0.338 e. The van der Waals surface area contributed by atoms with Crippen molar-refractivity contribution in [1.29, 1.82) is 5.26 Å². The van der Waals surface area contributed by atoms with Crippen molar-refractivity contribution < 1.29 is 22.8 Å². The van der Waals surface area contributed by atoms with Gasteiger partial charge in [0.2, 0.25) is 0 Å². The van der Waals surface area contributed by atoms with E-state index in [1.165, 1.54) is 12.1 Å². The Kier molecular flexibility index (Phi) is 7.53. The molecule has 0 saturated carbocycles. The van der Waals surface area contributed by atoms with E-state index in [1.807, 2.05) is 31.2 Å². The number of rotatable bonds is 5. The van der Waals surface area contributed by atoms with Gasteiger partial charge in [0, 0.05) is 12.2 Å². The molecule has 0 unspecified atom stereocenters. The van der Waals surface area contributed by atoms with Crippen molar-refractivity contribution >= 4 is 23.3 Å². The van der Waals surface area contributed by atoms with E-state index in [2.05, 4.69) is 11.4 Å². The first kappa shape index (κ1) is 26.5. The molecule has 4 amide bonds. The van der Waals surface area contributed by atoms with E-state index in [9.17, 15) is 22.8 Å². The van der Waals surface area contributed by atoms with E-state index in [0.717, 1.165) is 33.1 Å².